The Bertz CT molecular complexity index is 556. The first-order chi connectivity index (χ1) is 12.2. The van der Waals surface area contributed by atoms with Crippen molar-refractivity contribution in [3.05, 3.63) is 22.4 Å². The second-order valence-electron chi connectivity index (χ2n) is 7.66. The van der Waals surface area contributed by atoms with Gasteiger partial charge >= 0.3 is 11.8 Å². The summed E-state index contributed by atoms with van der Waals surface area (Å²) in [4.78, 5) is 25.9. The zero-order valence-corrected chi connectivity index (χ0v) is 15.8. The molecule has 1 aromatic heterocycles. The highest BCUT2D eigenvalue weighted by Gasteiger charge is 2.35. The SMILES string of the molecule is O=C(NCC1(c2cccs2)CCCCC1)C(=O)NC1CCCCCC1. The van der Waals surface area contributed by atoms with E-state index in [1.807, 2.05) is 0 Å². The van der Waals surface area contributed by atoms with Crippen molar-refractivity contribution in [1.29, 1.82) is 0 Å². The van der Waals surface area contributed by atoms with Crippen LogP contribution >= 0.6 is 11.3 Å². The molecule has 0 unspecified atom stereocenters. The van der Waals surface area contributed by atoms with Crippen molar-refractivity contribution in [2.45, 2.75) is 82.1 Å². The number of carbonyl (C=O) groups excluding carboxylic acids is 2. The maximum absolute atomic E-state index is 12.3. The molecule has 25 heavy (non-hydrogen) atoms. The Hall–Kier alpha value is -1.36. The van der Waals surface area contributed by atoms with Gasteiger partial charge in [0.25, 0.3) is 0 Å². The third-order valence-corrected chi connectivity index (χ3v) is 6.95. The summed E-state index contributed by atoms with van der Waals surface area (Å²) in [5, 5.41) is 7.99. The van der Waals surface area contributed by atoms with Gasteiger partial charge in [-0.05, 0) is 37.1 Å². The first-order valence-corrected chi connectivity index (χ1v) is 10.7. The fourth-order valence-corrected chi connectivity index (χ4v) is 5.31. The van der Waals surface area contributed by atoms with Crippen LogP contribution in [-0.4, -0.2) is 24.4 Å². The molecule has 2 aliphatic carbocycles. The van der Waals surface area contributed by atoms with Gasteiger partial charge in [0.1, 0.15) is 0 Å². The number of carbonyl (C=O) groups is 2. The average molecular weight is 363 g/mol. The average Bonchev–Trinajstić information content (AvgIpc) is 3.07. The first-order valence-electron chi connectivity index (χ1n) is 9.82. The highest BCUT2D eigenvalue weighted by molar-refractivity contribution is 7.10. The van der Waals surface area contributed by atoms with Crippen LogP contribution in [0.15, 0.2) is 17.5 Å². The van der Waals surface area contributed by atoms with Crippen LogP contribution in [-0.2, 0) is 15.0 Å². The Kier molecular flexibility index (Phi) is 6.51. The van der Waals surface area contributed by atoms with Gasteiger partial charge in [-0.25, -0.2) is 0 Å². The van der Waals surface area contributed by atoms with E-state index in [9.17, 15) is 9.59 Å². The number of nitrogens with one attached hydrogen (secondary N) is 2. The minimum absolute atomic E-state index is 0.0185. The van der Waals surface area contributed by atoms with Crippen molar-refractivity contribution in [1.82, 2.24) is 10.6 Å². The van der Waals surface area contributed by atoms with E-state index in [4.69, 9.17) is 0 Å². The predicted octanol–water partition coefficient (Wildman–Crippen LogP) is 3.91. The molecule has 2 N–H and O–H groups in total. The van der Waals surface area contributed by atoms with Crippen LogP contribution in [0.1, 0.15) is 75.5 Å². The van der Waals surface area contributed by atoms with E-state index >= 15 is 0 Å². The third kappa shape index (κ3) is 4.84. The zero-order chi connectivity index (χ0) is 17.5. The van der Waals surface area contributed by atoms with Crippen molar-refractivity contribution < 1.29 is 9.59 Å². The summed E-state index contributed by atoms with van der Waals surface area (Å²) in [7, 11) is 0. The maximum atomic E-state index is 12.3. The minimum Gasteiger partial charge on any atom is -0.347 e. The Morgan fingerprint density at radius 1 is 1.00 bits per heavy atom. The largest absolute Gasteiger partial charge is 0.347 e. The molecule has 2 amide bonds. The third-order valence-electron chi connectivity index (χ3n) is 5.84. The van der Waals surface area contributed by atoms with Gasteiger partial charge in [-0.15, -0.1) is 11.3 Å². The molecular weight excluding hydrogens is 332 g/mol. The Balaban J connectivity index is 1.55. The molecule has 0 aromatic carbocycles. The summed E-state index contributed by atoms with van der Waals surface area (Å²) < 4.78 is 0. The molecule has 138 valence electrons. The second-order valence-corrected chi connectivity index (χ2v) is 8.61. The normalized spacial score (nSPS) is 21.3. The van der Waals surface area contributed by atoms with Crippen LogP contribution in [0.3, 0.4) is 0 Å². The summed E-state index contributed by atoms with van der Waals surface area (Å²) in [6.07, 6.45) is 12.6. The summed E-state index contributed by atoms with van der Waals surface area (Å²) in [5.41, 5.74) is 0.0185. The molecule has 0 atom stereocenters. The van der Waals surface area contributed by atoms with E-state index in [0.717, 1.165) is 38.5 Å². The smallest absolute Gasteiger partial charge is 0.309 e. The lowest BCUT2D eigenvalue weighted by atomic mass is 9.73. The van der Waals surface area contributed by atoms with E-state index in [1.165, 1.54) is 37.0 Å². The molecule has 5 heteroatoms. The Morgan fingerprint density at radius 2 is 1.68 bits per heavy atom. The summed E-state index contributed by atoms with van der Waals surface area (Å²) in [5.74, 6) is -0.921. The molecule has 0 spiro atoms. The number of thiophene rings is 1. The van der Waals surface area contributed by atoms with Gasteiger partial charge in [0, 0.05) is 22.9 Å². The number of rotatable bonds is 4. The maximum Gasteiger partial charge on any atom is 0.309 e. The molecule has 1 aromatic rings. The molecule has 2 aliphatic rings. The van der Waals surface area contributed by atoms with E-state index in [0.29, 0.717) is 6.54 Å². The molecule has 0 saturated heterocycles. The lowest BCUT2D eigenvalue weighted by Gasteiger charge is -2.36. The second kappa shape index (κ2) is 8.84. The molecule has 0 bridgehead atoms. The van der Waals surface area contributed by atoms with Crippen molar-refractivity contribution in [2.24, 2.45) is 0 Å². The van der Waals surface area contributed by atoms with Crippen LogP contribution in [0, 0.1) is 0 Å². The fourth-order valence-electron chi connectivity index (χ4n) is 4.32. The summed E-state index contributed by atoms with van der Waals surface area (Å²) >= 11 is 1.77. The van der Waals surface area contributed by atoms with Gasteiger partial charge < -0.3 is 10.6 Å². The monoisotopic (exact) mass is 362 g/mol. The molecule has 4 nitrogen and oxygen atoms in total. The fraction of sp³-hybridized carbons (Fsp3) is 0.700. The molecule has 3 rings (SSSR count). The predicted molar refractivity (Wildman–Crippen MR) is 102 cm³/mol. The van der Waals surface area contributed by atoms with Gasteiger partial charge in [-0.1, -0.05) is 51.0 Å². The summed E-state index contributed by atoms with van der Waals surface area (Å²) in [6.45, 7) is 0.574. The molecule has 1 heterocycles. The number of hydrogen-bond acceptors (Lipinski definition) is 3. The lowest BCUT2D eigenvalue weighted by molar-refractivity contribution is -0.139. The van der Waals surface area contributed by atoms with E-state index < -0.39 is 11.8 Å². The molecule has 0 aliphatic heterocycles. The van der Waals surface area contributed by atoms with Crippen molar-refractivity contribution in [2.75, 3.05) is 6.54 Å². The molecular formula is C20H30N2O2S. The van der Waals surface area contributed by atoms with Gasteiger partial charge in [-0.2, -0.15) is 0 Å². The van der Waals surface area contributed by atoms with Gasteiger partial charge in [0.2, 0.25) is 0 Å². The number of amides is 2. The standard InChI is InChI=1S/C20H30N2O2S/c23-18(19(24)22-16-9-4-1-2-5-10-16)21-15-20(12-6-3-7-13-20)17-11-8-14-25-17/h8,11,14,16H,1-7,9-10,12-13,15H2,(H,21,23)(H,22,24). The first kappa shape index (κ1) is 18.4. The highest BCUT2D eigenvalue weighted by atomic mass is 32.1. The van der Waals surface area contributed by atoms with E-state index in [1.54, 1.807) is 11.3 Å². The van der Waals surface area contributed by atoms with E-state index in [2.05, 4.69) is 28.1 Å². The van der Waals surface area contributed by atoms with Gasteiger partial charge in [0.05, 0.1) is 0 Å². The molecule has 2 saturated carbocycles. The van der Waals surface area contributed by atoms with Crippen LogP contribution in [0.25, 0.3) is 0 Å². The Labute approximate surface area is 154 Å². The Morgan fingerprint density at radius 3 is 2.32 bits per heavy atom. The van der Waals surface area contributed by atoms with Crippen molar-refractivity contribution in [3.63, 3.8) is 0 Å². The number of hydrogen-bond donors (Lipinski definition) is 2. The lowest BCUT2D eigenvalue weighted by Crippen LogP contribution is -2.48. The van der Waals surface area contributed by atoms with Crippen LogP contribution in [0.5, 0.6) is 0 Å². The van der Waals surface area contributed by atoms with Crippen LogP contribution in [0.4, 0.5) is 0 Å². The van der Waals surface area contributed by atoms with Crippen LogP contribution in [0.2, 0.25) is 0 Å². The zero-order valence-electron chi connectivity index (χ0n) is 15.0. The van der Waals surface area contributed by atoms with Gasteiger partial charge in [0.15, 0.2) is 0 Å². The minimum atomic E-state index is -0.467. The quantitative estimate of drug-likeness (QED) is 0.630. The topological polar surface area (TPSA) is 58.2 Å². The van der Waals surface area contributed by atoms with Crippen molar-refractivity contribution >= 4 is 23.2 Å². The molecule has 0 radical (unpaired) electrons. The van der Waals surface area contributed by atoms with Crippen molar-refractivity contribution in [3.8, 4) is 0 Å². The van der Waals surface area contributed by atoms with Crippen LogP contribution < -0.4 is 10.6 Å². The van der Waals surface area contributed by atoms with E-state index in [-0.39, 0.29) is 11.5 Å². The van der Waals surface area contributed by atoms with Gasteiger partial charge in [-0.3, -0.25) is 9.59 Å². The highest BCUT2D eigenvalue weighted by Crippen LogP contribution is 2.41. The molecule has 2 fully saturated rings. The summed E-state index contributed by atoms with van der Waals surface area (Å²) in [6, 6.07) is 4.42.